The molecule has 0 aliphatic rings. The summed E-state index contributed by atoms with van der Waals surface area (Å²) in [6.07, 6.45) is 3.65. The first-order chi connectivity index (χ1) is 12.4. The number of ether oxygens (including phenoxy) is 1. The molecule has 0 saturated carbocycles. The molecule has 0 fully saturated rings. The van der Waals surface area contributed by atoms with Crippen molar-refractivity contribution in [3.05, 3.63) is 53.3 Å². The average Bonchev–Trinajstić information content (AvgIpc) is 2.62. The zero-order valence-electron chi connectivity index (χ0n) is 15.6. The van der Waals surface area contributed by atoms with Crippen LogP contribution in [-0.2, 0) is 0 Å². The van der Waals surface area contributed by atoms with Gasteiger partial charge in [-0.25, -0.2) is 0 Å². The highest BCUT2D eigenvalue weighted by Gasteiger charge is 2.19. The van der Waals surface area contributed by atoms with Gasteiger partial charge in [0, 0.05) is 31.2 Å². The number of nitrogens with one attached hydrogen (secondary N) is 1. The van der Waals surface area contributed by atoms with Gasteiger partial charge in [-0.2, -0.15) is 0 Å². The number of rotatable bonds is 7. The molecule has 0 aliphatic heterocycles. The maximum atomic E-state index is 6.22. The molecule has 0 spiro atoms. The van der Waals surface area contributed by atoms with Gasteiger partial charge in [-0.05, 0) is 63.1 Å². The summed E-state index contributed by atoms with van der Waals surface area (Å²) in [5.41, 5.74) is 1.94. The zero-order valence-corrected chi connectivity index (χ0v) is 17.1. The normalized spacial score (nSPS) is 11.9. The summed E-state index contributed by atoms with van der Waals surface area (Å²) in [6, 6.07) is 9.63. The lowest BCUT2D eigenvalue weighted by molar-refractivity contribution is 0.289. The highest BCUT2D eigenvalue weighted by atomic mass is 35.5. The van der Waals surface area contributed by atoms with Crippen LogP contribution in [-0.4, -0.2) is 54.2 Å². The van der Waals surface area contributed by atoms with E-state index in [0.29, 0.717) is 15.9 Å². The van der Waals surface area contributed by atoms with Gasteiger partial charge in [0.15, 0.2) is 5.11 Å². The largest absolute Gasteiger partial charge is 0.495 e. The fourth-order valence-corrected chi connectivity index (χ4v) is 3.15. The van der Waals surface area contributed by atoms with Crippen molar-refractivity contribution in [3.8, 4) is 5.75 Å². The number of anilines is 1. The Bertz CT molecular complexity index is 727. The predicted octanol–water partition coefficient (Wildman–Crippen LogP) is 4.07. The molecule has 0 aliphatic carbocycles. The van der Waals surface area contributed by atoms with E-state index in [1.807, 2.05) is 44.6 Å². The second-order valence-electron chi connectivity index (χ2n) is 6.24. The van der Waals surface area contributed by atoms with Crippen LogP contribution in [0.15, 0.2) is 42.7 Å². The fraction of sp³-hybridized carbons (Fsp3) is 0.368. The van der Waals surface area contributed by atoms with E-state index in [2.05, 4.69) is 33.1 Å². The average molecular weight is 393 g/mol. The van der Waals surface area contributed by atoms with Crippen LogP contribution in [0.2, 0.25) is 5.02 Å². The van der Waals surface area contributed by atoms with Crippen LogP contribution in [0.3, 0.4) is 0 Å². The molecule has 0 saturated heterocycles. The molecule has 2 aromatic rings. The number of aromatic nitrogens is 1. The van der Waals surface area contributed by atoms with Crippen molar-refractivity contribution in [2.75, 3.05) is 39.6 Å². The maximum Gasteiger partial charge on any atom is 0.173 e. The molecular weight excluding hydrogens is 368 g/mol. The van der Waals surface area contributed by atoms with Crippen molar-refractivity contribution in [3.63, 3.8) is 0 Å². The van der Waals surface area contributed by atoms with Gasteiger partial charge in [-0.3, -0.25) is 4.98 Å². The molecule has 1 unspecified atom stereocenters. The molecular formula is C19H25ClN4OS. The molecule has 1 aromatic heterocycles. The van der Waals surface area contributed by atoms with Gasteiger partial charge in [-0.15, -0.1) is 0 Å². The number of thiocarbonyl (C=S) groups is 1. The van der Waals surface area contributed by atoms with Crippen LogP contribution in [0.1, 0.15) is 18.5 Å². The number of likely N-dealkylation sites (N-methyl/N-ethyl adjacent to an activating group) is 1. The summed E-state index contributed by atoms with van der Waals surface area (Å²) in [5, 5.41) is 4.47. The summed E-state index contributed by atoms with van der Waals surface area (Å²) in [5.74, 6) is 0.635. The smallest absolute Gasteiger partial charge is 0.173 e. The Morgan fingerprint density at radius 3 is 2.65 bits per heavy atom. The van der Waals surface area contributed by atoms with Crippen LogP contribution in [0.5, 0.6) is 5.75 Å². The third-order valence-corrected chi connectivity index (χ3v) is 4.72. The lowest BCUT2D eigenvalue weighted by Crippen LogP contribution is -2.40. The van der Waals surface area contributed by atoms with Crippen molar-refractivity contribution in [1.82, 2.24) is 14.8 Å². The van der Waals surface area contributed by atoms with Crippen LogP contribution in [0.4, 0.5) is 5.69 Å². The Hall–Kier alpha value is -1.89. The van der Waals surface area contributed by atoms with Crippen molar-refractivity contribution in [1.29, 1.82) is 0 Å². The minimum atomic E-state index is 0.0948. The van der Waals surface area contributed by atoms with Gasteiger partial charge in [0.2, 0.25) is 0 Å². The Kier molecular flexibility index (Phi) is 7.63. The third kappa shape index (κ3) is 5.56. The number of halogens is 1. The lowest BCUT2D eigenvalue weighted by atomic mass is 10.1. The first-order valence-electron chi connectivity index (χ1n) is 8.38. The monoisotopic (exact) mass is 392 g/mol. The Morgan fingerprint density at radius 1 is 1.31 bits per heavy atom. The van der Waals surface area contributed by atoms with E-state index < -0.39 is 0 Å². The molecule has 0 bridgehead atoms. The predicted molar refractivity (Wildman–Crippen MR) is 112 cm³/mol. The molecule has 1 heterocycles. The van der Waals surface area contributed by atoms with Gasteiger partial charge >= 0.3 is 0 Å². The van der Waals surface area contributed by atoms with Crippen LogP contribution in [0.25, 0.3) is 0 Å². The van der Waals surface area contributed by atoms with Gasteiger partial charge in [-0.1, -0.05) is 17.7 Å². The molecule has 140 valence electrons. The first-order valence-corrected chi connectivity index (χ1v) is 9.16. The van der Waals surface area contributed by atoms with Gasteiger partial charge in [0.1, 0.15) is 5.75 Å². The molecule has 7 heteroatoms. The molecule has 1 atom stereocenters. The molecule has 1 N–H and O–H groups in total. The number of benzene rings is 1. The quantitative estimate of drug-likeness (QED) is 0.716. The van der Waals surface area contributed by atoms with Crippen LogP contribution < -0.4 is 10.1 Å². The van der Waals surface area contributed by atoms with Crippen LogP contribution >= 0.6 is 23.8 Å². The second kappa shape index (κ2) is 9.71. The summed E-state index contributed by atoms with van der Waals surface area (Å²) in [7, 11) is 5.69. The minimum Gasteiger partial charge on any atom is -0.495 e. The highest BCUT2D eigenvalue weighted by molar-refractivity contribution is 7.80. The van der Waals surface area contributed by atoms with E-state index in [9.17, 15) is 0 Å². The van der Waals surface area contributed by atoms with Crippen LogP contribution in [0, 0.1) is 0 Å². The number of hydrogen-bond acceptors (Lipinski definition) is 4. The topological polar surface area (TPSA) is 40.6 Å². The van der Waals surface area contributed by atoms with Crippen molar-refractivity contribution < 1.29 is 4.74 Å². The SMILES string of the molecule is COc1ccc(NC(=S)N(CCN(C)C)C(C)c2cccnc2)cc1Cl. The molecule has 0 radical (unpaired) electrons. The van der Waals surface area contributed by atoms with Crippen molar-refractivity contribution in [2.24, 2.45) is 0 Å². The number of nitrogens with zero attached hydrogens (tertiary/aromatic N) is 3. The van der Waals surface area contributed by atoms with E-state index in [4.69, 9.17) is 28.6 Å². The third-order valence-electron chi connectivity index (χ3n) is 4.09. The number of pyridine rings is 1. The first kappa shape index (κ1) is 20.4. The van der Waals surface area contributed by atoms with E-state index >= 15 is 0 Å². The Morgan fingerprint density at radius 2 is 2.08 bits per heavy atom. The Balaban J connectivity index is 2.18. The van der Waals surface area contributed by atoms with Gasteiger partial charge in [0.25, 0.3) is 0 Å². The standard InChI is InChI=1S/C19H25ClN4OS/c1-14(15-6-5-9-21-13-15)24(11-10-23(2)3)19(26)22-16-7-8-18(25-4)17(20)12-16/h5-9,12-14H,10-11H2,1-4H3,(H,22,26). The molecule has 1 aromatic carbocycles. The molecule has 0 amide bonds. The summed E-state index contributed by atoms with van der Waals surface area (Å²) < 4.78 is 5.20. The number of methoxy groups -OCH3 is 1. The summed E-state index contributed by atoms with van der Waals surface area (Å²) in [4.78, 5) is 8.52. The zero-order chi connectivity index (χ0) is 19.1. The second-order valence-corrected chi connectivity index (χ2v) is 7.03. The van der Waals surface area contributed by atoms with Gasteiger partial charge < -0.3 is 19.9 Å². The van der Waals surface area contributed by atoms with Crippen molar-refractivity contribution >= 4 is 34.6 Å². The van der Waals surface area contributed by atoms with E-state index in [1.165, 1.54) is 0 Å². The van der Waals surface area contributed by atoms with E-state index in [-0.39, 0.29) is 6.04 Å². The molecule has 2 rings (SSSR count). The van der Waals surface area contributed by atoms with E-state index in [0.717, 1.165) is 24.3 Å². The van der Waals surface area contributed by atoms with E-state index in [1.54, 1.807) is 13.3 Å². The minimum absolute atomic E-state index is 0.0948. The van der Waals surface area contributed by atoms with Gasteiger partial charge in [0.05, 0.1) is 18.2 Å². The number of hydrogen-bond donors (Lipinski definition) is 1. The summed E-state index contributed by atoms with van der Waals surface area (Å²) >= 11 is 11.9. The molecule has 26 heavy (non-hydrogen) atoms. The molecule has 5 nitrogen and oxygen atoms in total. The highest BCUT2D eigenvalue weighted by Crippen LogP contribution is 2.28. The Labute approximate surface area is 165 Å². The lowest BCUT2D eigenvalue weighted by Gasteiger charge is -2.33. The maximum absolute atomic E-state index is 6.22. The summed E-state index contributed by atoms with van der Waals surface area (Å²) in [6.45, 7) is 3.80. The van der Waals surface area contributed by atoms with Crippen molar-refractivity contribution in [2.45, 2.75) is 13.0 Å². The fourth-order valence-electron chi connectivity index (χ4n) is 2.52.